The van der Waals surface area contributed by atoms with Gasteiger partial charge in [-0.25, -0.2) is 4.98 Å². The highest BCUT2D eigenvalue weighted by molar-refractivity contribution is 5.92. The van der Waals surface area contributed by atoms with Gasteiger partial charge in [-0.05, 0) is 31.2 Å². The number of amides is 1. The molecule has 1 N–H and O–H groups in total. The zero-order valence-electron chi connectivity index (χ0n) is 13.3. The van der Waals surface area contributed by atoms with Crippen molar-refractivity contribution in [2.24, 2.45) is 0 Å². The van der Waals surface area contributed by atoms with Crippen LogP contribution in [0.3, 0.4) is 0 Å². The molecule has 0 atom stereocenters. The molecule has 6 nitrogen and oxygen atoms in total. The summed E-state index contributed by atoms with van der Waals surface area (Å²) < 4.78 is 12.9. The van der Waals surface area contributed by atoms with Crippen LogP contribution in [0.25, 0.3) is 11.0 Å². The molecule has 3 aromatic rings. The molecule has 1 amide bonds. The molecule has 0 radical (unpaired) electrons. The Morgan fingerprint density at radius 3 is 2.83 bits per heavy atom. The Morgan fingerprint density at radius 1 is 1.17 bits per heavy atom. The van der Waals surface area contributed by atoms with E-state index < -0.39 is 0 Å². The van der Waals surface area contributed by atoms with Crippen LogP contribution < -0.4 is 14.8 Å². The molecule has 1 aromatic heterocycles. The predicted molar refractivity (Wildman–Crippen MR) is 90.5 cm³/mol. The lowest BCUT2D eigenvalue weighted by Gasteiger charge is -2.19. The Balaban J connectivity index is 1.53. The maximum absolute atomic E-state index is 12.4. The van der Waals surface area contributed by atoms with Crippen LogP contribution in [-0.2, 0) is 11.3 Å². The van der Waals surface area contributed by atoms with Gasteiger partial charge in [-0.2, -0.15) is 0 Å². The average Bonchev–Trinajstić information content (AvgIpc) is 2.90. The first-order valence-electron chi connectivity index (χ1n) is 7.82. The number of fused-ring (bicyclic) bond motifs is 2. The van der Waals surface area contributed by atoms with Crippen LogP contribution >= 0.6 is 0 Å². The molecule has 24 heavy (non-hydrogen) atoms. The smallest absolute Gasteiger partial charge is 0.244 e. The molecule has 0 fully saturated rings. The lowest BCUT2D eigenvalue weighted by Crippen LogP contribution is -2.20. The molecule has 0 spiro atoms. The Labute approximate surface area is 139 Å². The van der Waals surface area contributed by atoms with Crippen molar-refractivity contribution in [3.63, 3.8) is 0 Å². The minimum atomic E-state index is -0.113. The first-order valence-corrected chi connectivity index (χ1v) is 7.82. The van der Waals surface area contributed by atoms with E-state index in [9.17, 15) is 4.79 Å². The predicted octanol–water partition coefficient (Wildman–Crippen LogP) is 2.75. The number of nitrogens with one attached hydrogen (secondary N) is 1. The number of aryl methyl sites for hydroxylation is 1. The number of rotatable bonds is 3. The zero-order chi connectivity index (χ0) is 16.5. The third kappa shape index (κ3) is 2.67. The van der Waals surface area contributed by atoms with Gasteiger partial charge >= 0.3 is 0 Å². The van der Waals surface area contributed by atoms with Crippen molar-refractivity contribution in [3.8, 4) is 11.5 Å². The molecule has 0 bridgehead atoms. The standard InChI is InChI=1S/C18H17N3O3/c1-12-19-14-4-2-3-5-15(14)21(12)11-18(22)20-13-6-7-16-17(10-13)24-9-8-23-16/h2-7,10H,8-9,11H2,1H3,(H,20,22). The second kappa shape index (κ2) is 5.88. The molecule has 122 valence electrons. The summed E-state index contributed by atoms with van der Waals surface area (Å²) in [4.78, 5) is 16.9. The second-order valence-electron chi connectivity index (χ2n) is 5.64. The van der Waals surface area contributed by atoms with Crippen LogP contribution in [0.1, 0.15) is 5.82 Å². The first kappa shape index (κ1) is 14.6. The molecule has 4 rings (SSSR count). The normalized spacial score (nSPS) is 13.0. The summed E-state index contributed by atoms with van der Waals surface area (Å²) in [6.07, 6.45) is 0. The lowest BCUT2D eigenvalue weighted by molar-refractivity contribution is -0.116. The van der Waals surface area contributed by atoms with Crippen LogP contribution in [0.5, 0.6) is 11.5 Å². The van der Waals surface area contributed by atoms with Crippen molar-refractivity contribution in [2.75, 3.05) is 18.5 Å². The molecular formula is C18H17N3O3. The summed E-state index contributed by atoms with van der Waals surface area (Å²) >= 11 is 0. The van der Waals surface area contributed by atoms with E-state index >= 15 is 0 Å². The molecule has 0 saturated heterocycles. The lowest BCUT2D eigenvalue weighted by atomic mass is 10.2. The summed E-state index contributed by atoms with van der Waals surface area (Å²) in [6.45, 7) is 3.18. The van der Waals surface area contributed by atoms with Gasteiger partial charge in [0.05, 0.1) is 11.0 Å². The summed E-state index contributed by atoms with van der Waals surface area (Å²) in [5.74, 6) is 2.06. The van der Waals surface area contributed by atoms with Crippen LogP contribution in [0, 0.1) is 6.92 Å². The minimum absolute atomic E-state index is 0.113. The van der Waals surface area contributed by atoms with Crippen molar-refractivity contribution in [1.82, 2.24) is 9.55 Å². The van der Waals surface area contributed by atoms with Gasteiger partial charge in [0.25, 0.3) is 0 Å². The number of imidazole rings is 1. The van der Waals surface area contributed by atoms with E-state index in [0.717, 1.165) is 16.9 Å². The number of anilines is 1. The molecule has 2 aromatic carbocycles. The molecule has 0 saturated carbocycles. The number of carbonyl (C=O) groups is 1. The van der Waals surface area contributed by atoms with Gasteiger partial charge in [-0.15, -0.1) is 0 Å². The number of aromatic nitrogens is 2. The Bertz CT molecular complexity index is 917. The zero-order valence-corrected chi connectivity index (χ0v) is 13.3. The van der Waals surface area contributed by atoms with Gasteiger partial charge in [0.2, 0.25) is 5.91 Å². The van der Waals surface area contributed by atoms with Crippen molar-refractivity contribution >= 4 is 22.6 Å². The summed E-state index contributed by atoms with van der Waals surface area (Å²) in [6, 6.07) is 13.2. The minimum Gasteiger partial charge on any atom is -0.486 e. The Kier molecular flexibility index (Phi) is 3.57. The van der Waals surface area contributed by atoms with Crippen molar-refractivity contribution in [2.45, 2.75) is 13.5 Å². The van der Waals surface area contributed by atoms with Crippen LogP contribution in [0.15, 0.2) is 42.5 Å². The molecule has 1 aliphatic heterocycles. The van der Waals surface area contributed by atoms with Gasteiger partial charge in [0.1, 0.15) is 25.6 Å². The first-order chi connectivity index (χ1) is 11.7. The maximum atomic E-state index is 12.4. The van der Waals surface area contributed by atoms with Crippen molar-refractivity contribution in [1.29, 1.82) is 0 Å². The van der Waals surface area contributed by atoms with Crippen LogP contribution in [0.2, 0.25) is 0 Å². The van der Waals surface area contributed by atoms with Crippen molar-refractivity contribution in [3.05, 3.63) is 48.3 Å². The number of ether oxygens (including phenoxy) is 2. The van der Waals surface area contributed by atoms with E-state index in [-0.39, 0.29) is 12.5 Å². The monoisotopic (exact) mass is 323 g/mol. The fourth-order valence-electron chi connectivity index (χ4n) is 2.86. The van der Waals surface area contributed by atoms with E-state index in [1.54, 1.807) is 6.07 Å². The van der Waals surface area contributed by atoms with Gasteiger partial charge < -0.3 is 19.4 Å². The van der Waals surface area contributed by atoms with Gasteiger partial charge in [-0.1, -0.05) is 12.1 Å². The largest absolute Gasteiger partial charge is 0.486 e. The quantitative estimate of drug-likeness (QED) is 0.805. The maximum Gasteiger partial charge on any atom is 0.244 e. The number of hydrogen-bond acceptors (Lipinski definition) is 4. The number of nitrogens with zero attached hydrogens (tertiary/aromatic N) is 2. The number of carbonyl (C=O) groups excluding carboxylic acids is 1. The molecule has 6 heteroatoms. The summed E-state index contributed by atoms with van der Waals surface area (Å²) in [5.41, 5.74) is 2.53. The van der Waals surface area contributed by atoms with E-state index in [4.69, 9.17) is 9.47 Å². The highest BCUT2D eigenvalue weighted by atomic mass is 16.6. The van der Waals surface area contributed by atoms with E-state index in [2.05, 4.69) is 10.3 Å². The number of para-hydroxylation sites is 2. The molecule has 0 aliphatic carbocycles. The van der Waals surface area contributed by atoms with Crippen molar-refractivity contribution < 1.29 is 14.3 Å². The molecular weight excluding hydrogens is 306 g/mol. The van der Waals surface area contributed by atoms with E-state index in [1.165, 1.54) is 0 Å². The Morgan fingerprint density at radius 2 is 1.96 bits per heavy atom. The van der Waals surface area contributed by atoms with E-state index in [1.807, 2.05) is 47.9 Å². The van der Waals surface area contributed by atoms with Crippen LogP contribution in [-0.4, -0.2) is 28.7 Å². The highest BCUT2D eigenvalue weighted by Gasteiger charge is 2.14. The molecule has 0 unspecified atom stereocenters. The molecule has 1 aliphatic rings. The SMILES string of the molecule is Cc1nc2ccccc2n1CC(=O)Nc1ccc2c(c1)OCCO2. The average molecular weight is 323 g/mol. The highest BCUT2D eigenvalue weighted by Crippen LogP contribution is 2.32. The topological polar surface area (TPSA) is 65.4 Å². The third-order valence-corrected chi connectivity index (χ3v) is 3.97. The van der Waals surface area contributed by atoms with Crippen LogP contribution in [0.4, 0.5) is 5.69 Å². The fraction of sp³-hybridized carbons (Fsp3) is 0.222. The second-order valence-corrected chi connectivity index (χ2v) is 5.64. The fourth-order valence-corrected chi connectivity index (χ4v) is 2.86. The van der Waals surface area contributed by atoms with Gasteiger partial charge in [0.15, 0.2) is 11.5 Å². The summed E-state index contributed by atoms with van der Waals surface area (Å²) in [7, 11) is 0. The molecule has 2 heterocycles. The number of benzene rings is 2. The van der Waals surface area contributed by atoms with Gasteiger partial charge in [-0.3, -0.25) is 4.79 Å². The number of hydrogen-bond donors (Lipinski definition) is 1. The third-order valence-electron chi connectivity index (χ3n) is 3.97. The van der Waals surface area contributed by atoms with Gasteiger partial charge in [0, 0.05) is 11.8 Å². The summed E-state index contributed by atoms with van der Waals surface area (Å²) in [5, 5.41) is 2.90. The van der Waals surface area contributed by atoms with E-state index in [0.29, 0.717) is 30.4 Å². The Hall–Kier alpha value is -3.02.